The predicted octanol–water partition coefficient (Wildman–Crippen LogP) is 5.52. The molecule has 0 radical (unpaired) electrons. The molecule has 0 saturated carbocycles. The van der Waals surface area contributed by atoms with Gasteiger partial charge >= 0.3 is 6.09 Å². The van der Waals surface area contributed by atoms with Crippen LogP contribution >= 0.6 is 0 Å². The Labute approximate surface area is 200 Å². The van der Waals surface area contributed by atoms with Gasteiger partial charge in [0.05, 0.1) is 12.6 Å². The summed E-state index contributed by atoms with van der Waals surface area (Å²) in [4.78, 5) is 14.9. The first-order valence-electron chi connectivity index (χ1n) is 11.9. The summed E-state index contributed by atoms with van der Waals surface area (Å²) in [6, 6.07) is 21.2. The number of benzene rings is 2. The molecule has 33 heavy (non-hydrogen) atoms. The van der Waals surface area contributed by atoms with E-state index in [0.717, 1.165) is 12.8 Å². The number of hydrogen-bond donors (Lipinski definition) is 0. The third-order valence-corrected chi connectivity index (χ3v) is 11.1. The van der Waals surface area contributed by atoms with E-state index in [9.17, 15) is 4.79 Å². The van der Waals surface area contributed by atoms with Crippen LogP contribution in [0.5, 0.6) is 0 Å². The van der Waals surface area contributed by atoms with Crippen molar-refractivity contribution >= 4 is 24.8 Å². The summed E-state index contributed by atoms with van der Waals surface area (Å²) in [5.41, 5.74) is -0.528. The molecule has 1 amide bonds. The number of hydrogen-bond acceptors (Lipinski definition) is 3. The van der Waals surface area contributed by atoms with Crippen molar-refractivity contribution in [3.63, 3.8) is 0 Å². The van der Waals surface area contributed by atoms with Gasteiger partial charge in [-0.1, -0.05) is 93.6 Å². The van der Waals surface area contributed by atoms with Gasteiger partial charge in [-0.3, -0.25) is 0 Å². The standard InChI is InChI=1S/C28H39NO3Si/c1-27(2,3)32-26(30)29-21-15-9-10-16-23(29)22-31-33(28(4,5)6,24-17-11-7-12-18-24)25-19-13-8-14-20-25/h7-14,17-20,23H,15-16,21-22H2,1-6H3/t23-/m0/s1. The number of amides is 1. The van der Waals surface area contributed by atoms with Crippen LogP contribution in [-0.4, -0.2) is 44.1 Å². The molecule has 4 nitrogen and oxygen atoms in total. The Balaban J connectivity index is 1.99. The summed E-state index contributed by atoms with van der Waals surface area (Å²) >= 11 is 0. The van der Waals surface area contributed by atoms with Gasteiger partial charge in [0.15, 0.2) is 0 Å². The first kappa shape index (κ1) is 25.3. The van der Waals surface area contributed by atoms with Gasteiger partial charge in [-0.15, -0.1) is 0 Å². The third kappa shape index (κ3) is 5.95. The second kappa shape index (κ2) is 10.3. The van der Waals surface area contributed by atoms with Crippen molar-refractivity contribution in [1.29, 1.82) is 0 Å². The normalized spacial score (nSPS) is 17.5. The molecule has 0 N–H and O–H groups in total. The molecule has 178 valence electrons. The number of carbonyl (C=O) groups is 1. The van der Waals surface area contributed by atoms with E-state index in [1.807, 2.05) is 25.7 Å². The van der Waals surface area contributed by atoms with Gasteiger partial charge in [0.2, 0.25) is 0 Å². The molecule has 1 atom stereocenters. The maximum Gasteiger partial charge on any atom is 0.410 e. The van der Waals surface area contributed by atoms with Crippen molar-refractivity contribution in [2.24, 2.45) is 0 Å². The van der Waals surface area contributed by atoms with E-state index in [-0.39, 0.29) is 17.2 Å². The molecule has 1 heterocycles. The average Bonchev–Trinajstić information content (AvgIpc) is 2.99. The highest BCUT2D eigenvalue weighted by Crippen LogP contribution is 2.37. The van der Waals surface area contributed by atoms with Crippen molar-refractivity contribution in [2.75, 3.05) is 13.2 Å². The average molecular weight is 466 g/mol. The molecule has 3 rings (SSSR count). The largest absolute Gasteiger partial charge is 0.444 e. The molecule has 2 aromatic carbocycles. The molecule has 2 aromatic rings. The smallest absolute Gasteiger partial charge is 0.410 e. The monoisotopic (exact) mass is 465 g/mol. The molecule has 0 fully saturated rings. The van der Waals surface area contributed by atoms with E-state index in [2.05, 4.69) is 93.6 Å². The maximum atomic E-state index is 13.1. The Hall–Kier alpha value is -2.37. The van der Waals surface area contributed by atoms with Crippen LogP contribution in [0.25, 0.3) is 0 Å². The van der Waals surface area contributed by atoms with E-state index in [0.29, 0.717) is 13.2 Å². The van der Waals surface area contributed by atoms with Gasteiger partial charge < -0.3 is 14.1 Å². The third-order valence-electron chi connectivity index (χ3n) is 6.09. The van der Waals surface area contributed by atoms with E-state index in [1.165, 1.54) is 10.4 Å². The Morgan fingerprint density at radius 3 is 1.94 bits per heavy atom. The van der Waals surface area contributed by atoms with E-state index in [4.69, 9.17) is 9.16 Å². The summed E-state index contributed by atoms with van der Waals surface area (Å²) in [6.07, 6.45) is 5.65. The van der Waals surface area contributed by atoms with Crippen molar-refractivity contribution < 1.29 is 14.0 Å². The zero-order valence-corrected chi connectivity index (χ0v) is 22.0. The summed E-state index contributed by atoms with van der Waals surface area (Å²) < 4.78 is 12.9. The quantitative estimate of drug-likeness (QED) is 0.431. The highest BCUT2D eigenvalue weighted by molar-refractivity contribution is 6.99. The number of rotatable bonds is 5. The van der Waals surface area contributed by atoms with Gasteiger partial charge in [0, 0.05) is 6.54 Å². The van der Waals surface area contributed by atoms with E-state index >= 15 is 0 Å². The van der Waals surface area contributed by atoms with Gasteiger partial charge in [0.1, 0.15) is 5.60 Å². The second-order valence-electron chi connectivity index (χ2n) is 10.8. The van der Waals surface area contributed by atoms with Gasteiger partial charge in [-0.25, -0.2) is 4.79 Å². The van der Waals surface area contributed by atoms with Crippen LogP contribution in [0.1, 0.15) is 54.4 Å². The zero-order chi connectivity index (χ0) is 24.1. The van der Waals surface area contributed by atoms with Crippen LogP contribution in [0, 0.1) is 0 Å². The molecule has 1 aliphatic heterocycles. The molecule has 0 unspecified atom stereocenters. The Morgan fingerprint density at radius 2 is 1.45 bits per heavy atom. The van der Waals surface area contributed by atoms with Crippen LogP contribution < -0.4 is 10.4 Å². The van der Waals surface area contributed by atoms with Crippen LogP contribution in [0.2, 0.25) is 5.04 Å². The lowest BCUT2D eigenvalue weighted by Gasteiger charge is -2.44. The van der Waals surface area contributed by atoms with Crippen molar-refractivity contribution in [1.82, 2.24) is 4.90 Å². The van der Waals surface area contributed by atoms with Gasteiger partial charge in [-0.2, -0.15) is 0 Å². The molecule has 1 aliphatic rings. The van der Waals surface area contributed by atoms with Gasteiger partial charge in [0.25, 0.3) is 8.32 Å². The second-order valence-corrected chi connectivity index (χ2v) is 15.1. The molecule has 0 saturated heterocycles. The van der Waals surface area contributed by atoms with E-state index in [1.54, 1.807) is 0 Å². The number of carbonyl (C=O) groups excluding carboxylic acids is 1. The SMILES string of the molecule is CC(C)(C)OC(=O)N1CCC=CC[C@H]1CO[Si](c1ccccc1)(c1ccccc1)C(C)(C)C. The summed E-state index contributed by atoms with van der Waals surface area (Å²) in [6.45, 7) is 13.7. The summed E-state index contributed by atoms with van der Waals surface area (Å²) in [5.74, 6) is 0. The molecule has 0 aromatic heterocycles. The first-order valence-corrected chi connectivity index (χ1v) is 13.8. The van der Waals surface area contributed by atoms with Crippen LogP contribution in [-0.2, 0) is 9.16 Å². The highest BCUT2D eigenvalue weighted by Gasteiger charge is 2.50. The van der Waals surface area contributed by atoms with Crippen molar-refractivity contribution in [3.8, 4) is 0 Å². The summed E-state index contributed by atoms with van der Waals surface area (Å²) in [7, 11) is -2.66. The topological polar surface area (TPSA) is 38.8 Å². The fraction of sp³-hybridized carbons (Fsp3) is 0.464. The maximum absolute atomic E-state index is 13.1. The van der Waals surface area contributed by atoms with Crippen LogP contribution in [0.4, 0.5) is 4.79 Å². The molecule has 0 bridgehead atoms. The number of ether oxygens (including phenoxy) is 1. The predicted molar refractivity (Wildman–Crippen MR) is 139 cm³/mol. The lowest BCUT2D eigenvalue weighted by Crippen LogP contribution is -2.67. The minimum atomic E-state index is -2.66. The fourth-order valence-electron chi connectivity index (χ4n) is 4.60. The Bertz CT molecular complexity index is 890. The molecule has 0 spiro atoms. The zero-order valence-electron chi connectivity index (χ0n) is 21.0. The van der Waals surface area contributed by atoms with Crippen molar-refractivity contribution in [2.45, 2.75) is 71.1 Å². The minimum absolute atomic E-state index is 0.0692. The highest BCUT2D eigenvalue weighted by atomic mass is 28.4. The lowest BCUT2D eigenvalue weighted by molar-refractivity contribution is 0.0117. The minimum Gasteiger partial charge on any atom is -0.444 e. The van der Waals surface area contributed by atoms with Gasteiger partial charge in [-0.05, 0) is 49.0 Å². The summed E-state index contributed by atoms with van der Waals surface area (Å²) in [5, 5.41) is 2.39. The van der Waals surface area contributed by atoms with Crippen molar-refractivity contribution in [3.05, 3.63) is 72.8 Å². The fourth-order valence-corrected chi connectivity index (χ4v) is 9.19. The molecule has 5 heteroatoms. The Kier molecular flexibility index (Phi) is 7.86. The molecule has 0 aliphatic carbocycles. The lowest BCUT2D eigenvalue weighted by atomic mass is 10.2. The molecular formula is C28H39NO3Si. The first-order chi connectivity index (χ1) is 15.5. The number of nitrogens with zero attached hydrogens (tertiary/aromatic N) is 1. The molecular weight excluding hydrogens is 426 g/mol. The van der Waals surface area contributed by atoms with Crippen LogP contribution in [0.3, 0.4) is 0 Å². The Morgan fingerprint density at radius 1 is 0.909 bits per heavy atom. The van der Waals surface area contributed by atoms with E-state index < -0.39 is 13.9 Å². The van der Waals surface area contributed by atoms with Crippen LogP contribution in [0.15, 0.2) is 72.8 Å².